The Morgan fingerprint density at radius 3 is 2.89 bits per heavy atom. The maximum absolute atomic E-state index is 10.9. The molecule has 2 heterocycles. The second-order valence-electron chi connectivity index (χ2n) is 3.78. The molecule has 0 radical (unpaired) electrons. The molecule has 94 valence electrons. The molecule has 1 aromatic heterocycles. The maximum atomic E-state index is 10.9. The zero-order chi connectivity index (χ0) is 12.5. The van der Waals surface area contributed by atoms with Crippen molar-refractivity contribution in [1.29, 1.82) is 0 Å². The standard InChI is InChI=1S/C11H9BrN2O4/c12-7-4-6(10-13-11(15)18-14-10)5-8-9(7)17-3-1-2-16-8/h4-5H,1-3H2,(H,13,14,15). The summed E-state index contributed by atoms with van der Waals surface area (Å²) in [6.45, 7) is 1.21. The van der Waals surface area contributed by atoms with Crippen molar-refractivity contribution in [3.05, 3.63) is 27.2 Å². The van der Waals surface area contributed by atoms with Crippen molar-refractivity contribution in [2.75, 3.05) is 13.2 Å². The van der Waals surface area contributed by atoms with Crippen molar-refractivity contribution in [3.8, 4) is 22.9 Å². The number of fused-ring (bicyclic) bond motifs is 1. The number of aromatic amines is 1. The molecule has 1 aromatic carbocycles. The minimum Gasteiger partial charge on any atom is -0.489 e. The molecule has 0 aliphatic carbocycles. The molecule has 0 saturated carbocycles. The number of hydrogen-bond donors (Lipinski definition) is 1. The molecule has 3 rings (SSSR count). The van der Waals surface area contributed by atoms with E-state index in [1.54, 1.807) is 12.1 Å². The molecule has 0 spiro atoms. The first kappa shape index (κ1) is 11.3. The summed E-state index contributed by atoms with van der Waals surface area (Å²) in [4.78, 5) is 13.4. The number of halogens is 1. The van der Waals surface area contributed by atoms with Gasteiger partial charge in [0.15, 0.2) is 17.3 Å². The van der Waals surface area contributed by atoms with E-state index < -0.39 is 5.76 Å². The maximum Gasteiger partial charge on any atom is 0.439 e. The Morgan fingerprint density at radius 2 is 2.11 bits per heavy atom. The number of benzene rings is 1. The molecule has 0 atom stereocenters. The third-order valence-corrected chi connectivity index (χ3v) is 3.10. The lowest BCUT2D eigenvalue weighted by Crippen LogP contribution is -1.97. The summed E-state index contributed by atoms with van der Waals surface area (Å²) in [6, 6.07) is 3.56. The van der Waals surface area contributed by atoms with Crippen LogP contribution in [0.3, 0.4) is 0 Å². The Hall–Kier alpha value is -1.76. The van der Waals surface area contributed by atoms with Gasteiger partial charge in [-0.3, -0.25) is 9.51 Å². The highest BCUT2D eigenvalue weighted by Crippen LogP contribution is 2.40. The molecule has 2 aromatic rings. The van der Waals surface area contributed by atoms with Gasteiger partial charge in [0, 0.05) is 12.0 Å². The van der Waals surface area contributed by atoms with Crippen LogP contribution in [0.1, 0.15) is 6.42 Å². The largest absolute Gasteiger partial charge is 0.489 e. The van der Waals surface area contributed by atoms with Gasteiger partial charge in [0.05, 0.1) is 17.7 Å². The van der Waals surface area contributed by atoms with E-state index in [0.717, 1.165) is 10.9 Å². The van der Waals surface area contributed by atoms with E-state index in [0.29, 0.717) is 36.1 Å². The minimum absolute atomic E-state index is 0.358. The fourth-order valence-corrected chi connectivity index (χ4v) is 2.28. The van der Waals surface area contributed by atoms with Crippen LogP contribution < -0.4 is 15.2 Å². The molecular weight excluding hydrogens is 304 g/mol. The predicted molar refractivity (Wildman–Crippen MR) is 65.9 cm³/mol. The molecule has 0 bridgehead atoms. The van der Waals surface area contributed by atoms with E-state index in [1.165, 1.54) is 0 Å². The van der Waals surface area contributed by atoms with Gasteiger partial charge in [-0.25, -0.2) is 4.79 Å². The van der Waals surface area contributed by atoms with Gasteiger partial charge in [0.25, 0.3) is 0 Å². The summed E-state index contributed by atoms with van der Waals surface area (Å²) in [5, 5.41) is 3.64. The lowest BCUT2D eigenvalue weighted by molar-refractivity contribution is 0.296. The predicted octanol–water partition coefficient (Wildman–Crippen LogP) is 1.95. The van der Waals surface area contributed by atoms with Gasteiger partial charge in [0.2, 0.25) is 0 Å². The topological polar surface area (TPSA) is 77.4 Å². The SMILES string of the molecule is O=c1[nH]c(-c2cc(Br)c3c(c2)OCCCO3)no1. The highest BCUT2D eigenvalue weighted by Gasteiger charge is 2.17. The third-order valence-electron chi connectivity index (χ3n) is 2.52. The van der Waals surface area contributed by atoms with Crippen molar-refractivity contribution in [3.63, 3.8) is 0 Å². The number of H-pyrrole nitrogens is 1. The van der Waals surface area contributed by atoms with Crippen LogP contribution in [0, 0.1) is 0 Å². The van der Waals surface area contributed by atoms with Crippen LogP contribution in [0.15, 0.2) is 25.9 Å². The van der Waals surface area contributed by atoms with Crippen molar-refractivity contribution < 1.29 is 14.0 Å². The Balaban J connectivity index is 2.10. The number of rotatable bonds is 1. The Morgan fingerprint density at radius 1 is 1.28 bits per heavy atom. The summed E-state index contributed by atoms with van der Waals surface area (Å²) in [5.41, 5.74) is 0.692. The van der Waals surface area contributed by atoms with Crippen LogP contribution in [0.5, 0.6) is 11.5 Å². The third kappa shape index (κ3) is 2.01. The number of nitrogens with zero attached hydrogens (tertiary/aromatic N) is 1. The molecule has 0 amide bonds. The molecule has 0 fully saturated rings. The quantitative estimate of drug-likeness (QED) is 0.871. The van der Waals surface area contributed by atoms with Crippen LogP contribution in [0.2, 0.25) is 0 Å². The molecule has 0 unspecified atom stereocenters. The normalized spacial score (nSPS) is 14.3. The van der Waals surface area contributed by atoms with E-state index in [2.05, 4.69) is 30.6 Å². The number of nitrogens with one attached hydrogen (secondary N) is 1. The molecule has 1 N–H and O–H groups in total. The number of hydrogen-bond acceptors (Lipinski definition) is 5. The second kappa shape index (κ2) is 4.49. The monoisotopic (exact) mass is 312 g/mol. The van der Waals surface area contributed by atoms with Gasteiger partial charge >= 0.3 is 5.76 Å². The van der Waals surface area contributed by atoms with Gasteiger partial charge in [0.1, 0.15) is 0 Å². The molecular formula is C11H9BrN2O4. The zero-order valence-corrected chi connectivity index (χ0v) is 10.8. The Bertz CT molecular complexity index is 634. The van der Waals surface area contributed by atoms with Crippen LogP contribution in [-0.2, 0) is 0 Å². The van der Waals surface area contributed by atoms with Crippen LogP contribution in [-0.4, -0.2) is 23.4 Å². The Labute approximate surface area is 110 Å². The van der Waals surface area contributed by atoms with Gasteiger partial charge in [-0.1, -0.05) is 5.16 Å². The fourth-order valence-electron chi connectivity index (χ4n) is 1.72. The van der Waals surface area contributed by atoms with Gasteiger partial charge in [-0.15, -0.1) is 0 Å². The average Bonchev–Trinajstić information content (AvgIpc) is 2.63. The van der Waals surface area contributed by atoms with E-state index in [1.807, 2.05) is 0 Å². The molecule has 1 aliphatic heterocycles. The average molecular weight is 313 g/mol. The first-order valence-electron chi connectivity index (χ1n) is 5.39. The highest BCUT2D eigenvalue weighted by atomic mass is 79.9. The number of ether oxygens (including phenoxy) is 2. The smallest absolute Gasteiger partial charge is 0.439 e. The minimum atomic E-state index is -0.590. The summed E-state index contributed by atoms with van der Waals surface area (Å²) in [7, 11) is 0. The molecule has 1 aliphatic rings. The van der Waals surface area contributed by atoms with Crippen LogP contribution in [0.25, 0.3) is 11.4 Å². The van der Waals surface area contributed by atoms with Crippen LogP contribution in [0.4, 0.5) is 0 Å². The first-order chi connectivity index (χ1) is 8.74. The Kier molecular flexibility index (Phi) is 2.83. The summed E-state index contributed by atoms with van der Waals surface area (Å²) in [5.74, 6) is 1.06. The van der Waals surface area contributed by atoms with Gasteiger partial charge < -0.3 is 9.47 Å². The van der Waals surface area contributed by atoms with E-state index in [9.17, 15) is 4.79 Å². The highest BCUT2D eigenvalue weighted by molar-refractivity contribution is 9.10. The fraction of sp³-hybridized carbons (Fsp3) is 0.273. The van der Waals surface area contributed by atoms with E-state index >= 15 is 0 Å². The second-order valence-corrected chi connectivity index (χ2v) is 4.63. The molecule has 0 saturated heterocycles. The lowest BCUT2D eigenvalue weighted by atomic mass is 10.2. The van der Waals surface area contributed by atoms with Crippen molar-refractivity contribution >= 4 is 15.9 Å². The van der Waals surface area contributed by atoms with Crippen molar-refractivity contribution in [1.82, 2.24) is 10.1 Å². The van der Waals surface area contributed by atoms with E-state index in [4.69, 9.17) is 9.47 Å². The lowest BCUT2D eigenvalue weighted by Gasteiger charge is -2.10. The molecule has 6 nitrogen and oxygen atoms in total. The summed E-state index contributed by atoms with van der Waals surface area (Å²) < 4.78 is 16.4. The van der Waals surface area contributed by atoms with Gasteiger partial charge in [-0.2, -0.15) is 0 Å². The first-order valence-corrected chi connectivity index (χ1v) is 6.19. The van der Waals surface area contributed by atoms with Crippen LogP contribution >= 0.6 is 15.9 Å². The van der Waals surface area contributed by atoms with Crippen molar-refractivity contribution in [2.45, 2.75) is 6.42 Å². The van der Waals surface area contributed by atoms with Gasteiger partial charge in [-0.05, 0) is 28.1 Å². The molecule has 7 heteroatoms. The molecule has 18 heavy (non-hydrogen) atoms. The number of aromatic nitrogens is 2. The zero-order valence-electron chi connectivity index (χ0n) is 9.23. The summed E-state index contributed by atoms with van der Waals surface area (Å²) >= 11 is 3.42. The van der Waals surface area contributed by atoms with E-state index in [-0.39, 0.29) is 0 Å². The van der Waals surface area contributed by atoms with Crippen molar-refractivity contribution in [2.24, 2.45) is 0 Å². The summed E-state index contributed by atoms with van der Waals surface area (Å²) in [6.07, 6.45) is 0.831.